The highest BCUT2D eigenvalue weighted by Crippen LogP contribution is 2.31. The minimum atomic E-state index is -0.421. The van der Waals surface area contributed by atoms with Gasteiger partial charge in [-0.1, -0.05) is 38.0 Å². The zero-order valence-corrected chi connectivity index (χ0v) is 11.3. The fraction of sp³-hybridized carbons (Fsp3) is 0.667. The number of methoxy groups -OCH3 is 2. The molecule has 3 heteroatoms. The van der Waals surface area contributed by atoms with Gasteiger partial charge in [0.05, 0.1) is 26.2 Å². The van der Waals surface area contributed by atoms with E-state index in [2.05, 4.69) is 10.7 Å². The molecule has 0 aromatic rings. The summed E-state index contributed by atoms with van der Waals surface area (Å²) >= 11 is 0. The van der Waals surface area contributed by atoms with Crippen LogP contribution in [0, 0.1) is 24.2 Å². The minimum Gasteiger partial charge on any atom is -0.500 e. The van der Waals surface area contributed by atoms with Crippen molar-refractivity contribution in [2.75, 3.05) is 14.2 Å². The van der Waals surface area contributed by atoms with Gasteiger partial charge in [0.1, 0.15) is 5.76 Å². The van der Waals surface area contributed by atoms with E-state index in [0.717, 1.165) is 6.42 Å². The van der Waals surface area contributed by atoms with Gasteiger partial charge in [0.15, 0.2) is 0 Å². The quantitative estimate of drug-likeness (QED) is 0.326. The molecule has 0 bridgehead atoms. The van der Waals surface area contributed by atoms with Crippen LogP contribution in [0.2, 0.25) is 0 Å². The maximum Gasteiger partial charge on any atom is 0.333 e. The topological polar surface area (TPSA) is 35.5 Å². The highest BCUT2D eigenvalue weighted by atomic mass is 16.5. The summed E-state index contributed by atoms with van der Waals surface area (Å²) in [5, 5.41) is 0. The first kappa shape index (κ1) is 14.6. The summed E-state index contributed by atoms with van der Waals surface area (Å²) in [6.45, 7) is 0. The second-order valence-electron chi connectivity index (χ2n) is 4.73. The van der Waals surface area contributed by atoms with E-state index in [0.29, 0.717) is 11.7 Å². The Kier molecular flexibility index (Phi) is 6.35. The van der Waals surface area contributed by atoms with Crippen molar-refractivity contribution in [2.45, 2.75) is 38.5 Å². The number of esters is 1. The molecule has 0 saturated heterocycles. The lowest BCUT2D eigenvalue weighted by atomic mass is 9.82. The number of rotatable bonds is 5. The van der Waals surface area contributed by atoms with Crippen LogP contribution in [-0.4, -0.2) is 20.2 Å². The summed E-state index contributed by atoms with van der Waals surface area (Å²) in [6, 6.07) is 0. The van der Waals surface area contributed by atoms with Gasteiger partial charge in [0, 0.05) is 0 Å². The van der Waals surface area contributed by atoms with Gasteiger partial charge in [0.25, 0.3) is 0 Å². The van der Waals surface area contributed by atoms with Crippen LogP contribution in [-0.2, 0) is 14.3 Å². The second kappa shape index (κ2) is 7.81. The lowest BCUT2D eigenvalue weighted by Gasteiger charge is -2.24. The van der Waals surface area contributed by atoms with Crippen LogP contribution in [0.5, 0.6) is 0 Å². The Morgan fingerprint density at radius 1 is 1.33 bits per heavy atom. The number of hydrogen-bond donors (Lipinski definition) is 0. The number of allylic oxidation sites excluding steroid dienone is 1. The first-order valence-electron chi connectivity index (χ1n) is 6.51. The van der Waals surface area contributed by atoms with Crippen LogP contribution >= 0.6 is 0 Å². The normalized spacial score (nSPS) is 18.8. The van der Waals surface area contributed by atoms with Crippen LogP contribution in [0.3, 0.4) is 0 Å². The van der Waals surface area contributed by atoms with Crippen molar-refractivity contribution in [3.63, 3.8) is 0 Å². The van der Waals surface area contributed by atoms with Crippen molar-refractivity contribution in [2.24, 2.45) is 11.8 Å². The molecular formula is C15H22O3. The van der Waals surface area contributed by atoms with E-state index >= 15 is 0 Å². The van der Waals surface area contributed by atoms with Gasteiger partial charge in [-0.3, -0.25) is 0 Å². The summed E-state index contributed by atoms with van der Waals surface area (Å²) in [5.41, 5.74) is 0. The zero-order chi connectivity index (χ0) is 13.4. The Bertz CT molecular complexity index is 332. The molecule has 0 radical (unpaired) electrons. The molecule has 0 amide bonds. The number of terminal acetylenes is 1. The van der Waals surface area contributed by atoms with Crippen molar-refractivity contribution in [1.82, 2.24) is 0 Å². The second-order valence-corrected chi connectivity index (χ2v) is 4.73. The first-order chi connectivity index (χ1) is 8.71. The number of carbonyl (C=O) groups excluding carboxylic acids is 1. The molecule has 0 aliphatic heterocycles. The lowest BCUT2D eigenvalue weighted by molar-refractivity contribution is -0.135. The fourth-order valence-corrected chi connectivity index (χ4v) is 2.50. The van der Waals surface area contributed by atoms with E-state index in [4.69, 9.17) is 11.2 Å². The molecule has 0 aromatic carbocycles. The molecule has 100 valence electrons. The van der Waals surface area contributed by atoms with Crippen LogP contribution in [0.4, 0.5) is 0 Å². The molecule has 18 heavy (non-hydrogen) atoms. The Morgan fingerprint density at radius 3 is 2.50 bits per heavy atom. The first-order valence-corrected chi connectivity index (χ1v) is 6.51. The molecule has 1 aliphatic rings. The van der Waals surface area contributed by atoms with Crippen molar-refractivity contribution < 1.29 is 14.3 Å². The molecule has 1 atom stereocenters. The average Bonchev–Trinajstić information content (AvgIpc) is 2.43. The lowest BCUT2D eigenvalue weighted by Crippen LogP contribution is -2.15. The largest absolute Gasteiger partial charge is 0.500 e. The van der Waals surface area contributed by atoms with E-state index in [1.807, 2.05) is 0 Å². The average molecular weight is 250 g/mol. The summed E-state index contributed by atoms with van der Waals surface area (Å²) in [5.74, 6) is 3.37. The van der Waals surface area contributed by atoms with E-state index in [1.54, 1.807) is 7.11 Å². The van der Waals surface area contributed by atoms with Crippen LogP contribution in [0.25, 0.3) is 0 Å². The summed E-state index contributed by atoms with van der Waals surface area (Å²) in [4.78, 5) is 11.2. The standard InChI is InChI=1S/C15H22O3/c1-4-13(10-12-8-6-5-7-9-12)14(17-2)11-15(16)18-3/h1,11-13H,5-10H2,2-3H3/b14-11+/t13-/m0/s1. The van der Waals surface area contributed by atoms with Gasteiger partial charge >= 0.3 is 5.97 Å². The van der Waals surface area contributed by atoms with Gasteiger partial charge < -0.3 is 9.47 Å². The van der Waals surface area contributed by atoms with Crippen molar-refractivity contribution in [3.8, 4) is 12.3 Å². The molecule has 1 aliphatic carbocycles. The van der Waals surface area contributed by atoms with Gasteiger partial charge in [0.2, 0.25) is 0 Å². The Morgan fingerprint density at radius 2 is 2.00 bits per heavy atom. The molecular weight excluding hydrogens is 228 g/mol. The molecule has 1 fully saturated rings. The molecule has 1 saturated carbocycles. The van der Waals surface area contributed by atoms with Crippen LogP contribution in [0.15, 0.2) is 11.8 Å². The highest BCUT2D eigenvalue weighted by molar-refractivity contribution is 5.82. The third-order valence-corrected chi connectivity index (χ3v) is 3.54. The van der Waals surface area contributed by atoms with Gasteiger partial charge in [-0.05, 0) is 12.3 Å². The molecule has 0 aromatic heterocycles. The Balaban J connectivity index is 2.65. The van der Waals surface area contributed by atoms with Crippen molar-refractivity contribution in [3.05, 3.63) is 11.8 Å². The predicted octanol–water partition coefficient (Wildman–Crippen LogP) is 2.91. The number of hydrogen-bond acceptors (Lipinski definition) is 3. The van der Waals surface area contributed by atoms with E-state index < -0.39 is 5.97 Å². The summed E-state index contributed by atoms with van der Waals surface area (Å²) in [7, 11) is 2.89. The van der Waals surface area contributed by atoms with Crippen molar-refractivity contribution in [1.29, 1.82) is 0 Å². The summed E-state index contributed by atoms with van der Waals surface area (Å²) < 4.78 is 9.84. The minimum absolute atomic E-state index is 0.128. The third-order valence-electron chi connectivity index (χ3n) is 3.54. The third kappa shape index (κ3) is 4.44. The molecule has 0 unspecified atom stereocenters. The molecule has 1 rings (SSSR count). The summed E-state index contributed by atoms with van der Waals surface area (Å²) in [6.07, 6.45) is 14.2. The van der Waals surface area contributed by atoms with Crippen molar-refractivity contribution >= 4 is 5.97 Å². The van der Waals surface area contributed by atoms with Gasteiger partial charge in [-0.2, -0.15) is 0 Å². The predicted molar refractivity (Wildman–Crippen MR) is 70.6 cm³/mol. The smallest absolute Gasteiger partial charge is 0.333 e. The molecule has 0 heterocycles. The molecule has 0 N–H and O–H groups in total. The highest BCUT2D eigenvalue weighted by Gasteiger charge is 2.21. The maximum absolute atomic E-state index is 11.2. The van der Waals surface area contributed by atoms with Gasteiger partial charge in [-0.15, -0.1) is 6.42 Å². The fourth-order valence-electron chi connectivity index (χ4n) is 2.50. The Labute approximate surface area is 110 Å². The van der Waals surface area contributed by atoms with Crippen LogP contribution in [0.1, 0.15) is 38.5 Å². The maximum atomic E-state index is 11.2. The monoisotopic (exact) mass is 250 g/mol. The zero-order valence-electron chi connectivity index (χ0n) is 11.3. The number of ether oxygens (including phenoxy) is 2. The van der Waals surface area contributed by atoms with E-state index in [9.17, 15) is 4.79 Å². The molecule has 0 spiro atoms. The van der Waals surface area contributed by atoms with Crippen LogP contribution < -0.4 is 0 Å². The van der Waals surface area contributed by atoms with Gasteiger partial charge in [-0.25, -0.2) is 4.79 Å². The Hall–Kier alpha value is -1.43. The van der Waals surface area contributed by atoms with E-state index in [-0.39, 0.29) is 5.92 Å². The SMILES string of the molecule is C#C[C@@H](CC1CCCCC1)/C(=C\C(=O)OC)OC. The van der Waals surface area contributed by atoms with E-state index in [1.165, 1.54) is 45.3 Å². The number of carbonyl (C=O) groups is 1. The molecule has 3 nitrogen and oxygen atoms in total.